The minimum Gasteiger partial charge on any atom is -0.369 e. The maximum Gasteiger partial charge on any atom is 0.148 e. The van der Waals surface area contributed by atoms with E-state index in [1.165, 1.54) is 29.2 Å². The third-order valence-corrected chi connectivity index (χ3v) is 5.83. The van der Waals surface area contributed by atoms with Crippen LogP contribution in [-0.2, 0) is 9.53 Å². The monoisotopic (exact) mass is 373 g/mol. The van der Waals surface area contributed by atoms with E-state index in [9.17, 15) is 4.79 Å². The van der Waals surface area contributed by atoms with Crippen molar-refractivity contribution in [2.75, 3.05) is 13.1 Å². The van der Waals surface area contributed by atoms with E-state index >= 15 is 0 Å². The summed E-state index contributed by atoms with van der Waals surface area (Å²) in [6, 6.07) is 15.4. The standard InChI is InChI=1S/C22H27NO2.ClH/c1-16(19-10-6-8-17-7-2-3-9-20(17)19)25-22-12-5-4-11-21(22)23-14-13-18(24)15-23;/h2-3,6-10,16,21-22H,4-5,11-15H2,1H3;1H/t16?,21-,22+;/m1./s1. The van der Waals surface area contributed by atoms with Gasteiger partial charge < -0.3 is 4.74 Å². The number of hydrogen-bond acceptors (Lipinski definition) is 3. The number of ether oxygens (including phenoxy) is 1. The van der Waals surface area contributed by atoms with E-state index < -0.39 is 0 Å². The second-order valence-electron chi connectivity index (χ2n) is 7.50. The van der Waals surface area contributed by atoms with Gasteiger partial charge in [0.15, 0.2) is 0 Å². The maximum absolute atomic E-state index is 11.7. The third kappa shape index (κ3) is 3.95. The molecule has 4 heteroatoms. The molecule has 0 radical (unpaired) electrons. The van der Waals surface area contributed by atoms with Crippen molar-refractivity contribution in [1.82, 2.24) is 4.90 Å². The van der Waals surface area contributed by atoms with Crippen LogP contribution in [0.3, 0.4) is 0 Å². The van der Waals surface area contributed by atoms with Gasteiger partial charge in [0.1, 0.15) is 5.78 Å². The molecule has 2 fully saturated rings. The van der Waals surface area contributed by atoms with Crippen LogP contribution >= 0.6 is 12.4 Å². The van der Waals surface area contributed by atoms with E-state index in [0.29, 0.717) is 24.8 Å². The van der Waals surface area contributed by atoms with E-state index in [1.54, 1.807) is 0 Å². The van der Waals surface area contributed by atoms with E-state index in [-0.39, 0.29) is 24.6 Å². The van der Waals surface area contributed by atoms with Crippen molar-refractivity contribution in [1.29, 1.82) is 0 Å². The van der Waals surface area contributed by atoms with Gasteiger partial charge in [-0.05, 0) is 36.1 Å². The molecule has 2 aromatic carbocycles. The summed E-state index contributed by atoms with van der Waals surface area (Å²) in [5.74, 6) is 0.381. The molecule has 3 atom stereocenters. The van der Waals surface area contributed by atoms with Crippen molar-refractivity contribution < 1.29 is 9.53 Å². The highest BCUT2D eigenvalue weighted by Crippen LogP contribution is 2.33. The Bertz CT molecular complexity index is 757. The Morgan fingerprint density at radius 2 is 1.85 bits per heavy atom. The number of rotatable bonds is 4. The van der Waals surface area contributed by atoms with E-state index in [4.69, 9.17) is 4.74 Å². The minimum atomic E-state index is 0. The fourth-order valence-electron chi connectivity index (χ4n) is 4.53. The lowest BCUT2D eigenvalue weighted by atomic mass is 9.91. The van der Waals surface area contributed by atoms with Crippen LogP contribution in [0, 0.1) is 0 Å². The van der Waals surface area contributed by atoms with Crippen molar-refractivity contribution in [3.8, 4) is 0 Å². The van der Waals surface area contributed by atoms with Gasteiger partial charge in [-0.2, -0.15) is 0 Å². The van der Waals surface area contributed by atoms with Gasteiger partial charge in [0, 0.05) is 19.0 Å². The molecule has 3 nitrogen and oxygen atoms in total. The van der Waals surface area contributed by atoms with Gasteiger partial charge in [0.2, 0.25) is 0 Å². The molecule has 1 saturated carbocycles. The summed E-state index contributed by atoms with van der Waals surface area (Å²) in [5.41, 5.74) is 1.26. The molecule has 1 aliphatic heterocycles. The third-order valence-electron chi connectivity index (χ3n) is 5.83. The molecule has 26 heavy (non-hydrogen) atoms. The number of ketones is 1. The van der Waals surface area contributed by atoms with Gasteiger partial charge in [0.25, 0.3) is 0 Å². The lowest BCUT2D eigenvalue weighted by molar-refractivity contribution is -0.117. The molecular formula is C22H28ClNO2. The SMILES string of the molecule is CC(O[C@H]1CCCC[C@H]1N1CCC(=O)C1)c1cccc2ccccc12.Cl. The first-order chi connectivity index (χ1) is 12.2. The fourth-order valence-corrected chi connectivity index (χ4v) is 4.53. The highest BCUT2D eigenvalue weighted by atomic mass is 35.5. The van der Waals surface area contributed by atoms with Crippen LogP contribution in [0.1, 0.15) is 50.7 Å². The molecule has 4 rings (SSSR count). The summed E-state index contributed by atoms with van der Waals surface area (Å²) in [6.07, 6.45) is 5.74. The van der Waals surface area contributed by atoms with Crippen LogP contribution in [0.2, 0.25) is 0 Å². The van der Waals surface area contributed by atoms with Crippen molar-refractivity contribution in [2.24, 2.45) is 0 Å². The summed E-state index contributed by atoms with van der Waals surface area (Å²) >= 11 is 0. The van der Waals surface area contributed by atoms with Gasteiger partial charge in [0.05, 0.1) is 18.8 Å². The Morgan fingerprint density at radius 3 is 2.65 bits per heavy atom. The first-order valence-electron chi connectivity index (χ1n) is 9.61. The number of carbonyl (C=O) groups is 1. The molecule has 0 amide bonds. The zero-order chi connectivity index (χ0) is 17.2. The fraction of sp³-hybridized carbons (Fsp3) is 0.500. The first kappa shape index (κ1) is 19.3. The lowest BCUT2D eigenvalue weighted by Gasteiger charge is -2.38. The second kappa shape index (κ2) is 8.51. The predicted octanol–water partition coefficient (Wildman–Crippen LogP) is 4.93. The number of fused-ring (bicyclic) bond motifs is 1. The van der Waals surface area contributed by atoms with Gasteiger partial charge in [-0.25, -0.2) is 0 Å². The summed E-state index contributed by atoms with van der Waals surface area (Å²) in [5, 5.41) is 2.54. The normalized spacial score (nSPS) is 25.2. The molecule has 0 bridgehead atoms. The topological polar surface area (TPSA) is 29.5 Å². The number of carbonyl (C=O) groups excluding carboxylic acids is 1. The zero-order valence-corrected chi connectivity index (χ0v) is 16.2. The Balaban J connectivity index is 0.00000196. The van der Waals surface area contributed by atoms with E-state index in [1.807, 2.05) is 0 Å². The molecule has 1 unspecified atom stereocenters. The quantitative estimate of drug-likeness (QED) is 0.761. The molecular weight excluding hydrogens is 346 g/mol. The smallest absolute Gasteiger partial charge is 0.148 e. The van der Waals surface area contributed by atoms with Gasteiger partial charge in [-0.15, -0.1) is 12.4 Å². The molecule has 1 aliphatic carbocycles. The Morgan fingerprint density at radius 1 is 1.08 bits per heavy atom. The summed E-state index contributed by atoms with van der Waals surface area (Å²) < 4.78 is 6.59. The molecule has 140 valence electrons. The van der Waals surface area contributed by atoms with Crippen LogP contribution in [0.25, 0.3) is 10.8 Å². The van der Waals surface area contributed by atoms with Gasteiger partial charge in [-0.1, -0.05) is 55.3 Å². The van der Waals surface area contributed by atoms with Crippen molar-refractivity contribution in [3.05, 3.63) is 48.0 Å². The van der Waals surface area contributed by atoms with E-state index in [0.717, 1.165) is 19.4 Å². The van der Waals surface area contributed by atoms with Gasteiger partial charge >= 0.3 is 0 Å². The number of hydrogen-bond donors (Lipinski definition) is 0. The molecule has 0 N–H and O–H groups in total. The number of Topliss-reactive ketones (excluding diaryl/α,β-unsaturated/α-hetero) is 1. The summed E-state index contributed by atoms with van der Waals surface area (Å²) in [4.78, 5) is 14.1. The number of benzene rings is 2. The zero-order valence-electron chi connectivity index (χ0n) is 15.4. The first-order valence-corrected chi connectivity index (χ1v) is 9.61. The van der Waals surface area contributed by atoms with Crippen LogP contribution in [0.5, 0.6) is 0 Å². The Hall–Kier alpha value is -1.42. The van der Waals surface area contributed by atoms with Crippen LogP contribution in [-0.4, -0.2) is 35.9 Å². The average molecular weight is 374 g/mol. The number of halogens is 1. The molecule has 1 heterocycles. The second-order valence-corrected chi connectivity index (χ2v) is 7.50. The number of likely N-dealkylation sites (tertiary alicyclic amines) is 1. The Labute approximate surface area is 162 Å². The highest BCUT2D eigenvalue weighted by Gasteiger charge is 2.35. The van der Waals surface area contributed by atoms with Crippen molar-refractivity contribution in [3.63, 3.8) is 0 Å². The van der Waals surface area contributed by atoms with Crippen molar-refractivity contribution >= 4 is 29.0 Å². The minimum absolute atomic E-state index is 0. The average Bonchev–Trinajstić information content (AvgIpc) is 3.08. The van der Waals surface area contributed by atoms with Crippen molar-refractivity contribution in [2.45, 2.75) is 57.3 Å². The number of nitrogens with zero attached hydrogens (tertiary/aromatic N) is 1. The molecule has 0 aromatic heterocycles. The molecule has 0 spiro atoms. The maximum atomic E-state index is 11.7. The van der Waals surface area contributed by atoms with Crippen LogP contribution < -0.4 is 0 Å². The molecule has 2 aliphatic rings. The molecule has 2 aromatic rings. The summed E-state index contributed by atoms with van der Waals surface area (Å²) in [7, 11) is 0. The van der Waals surface area contributed by atoms with Gasteiger partial charge in [-0.3, -0.25) is 9.69 Å². The summed E-state index contributed by atoms with van der Waals surface area (Å²) in [6.45, 7) is 3.70. The molecule has 1 saturated heterocycles. The highest BCUT2D eigenvalue weighted by molar-refractivity contribution is 5.86. The predicted molar refractivity (Wildman–Crippen MR) is 108 cm³/mol. The van der Waals surface area contributed by atoms with Crippen LogP contribution in [0.15, 0.2) is 42.5 Å². The van der Waals surface area contributed by atoms with Crippen LogP contribution in [0.4, 0.5) is 0 Å². The lowest BCUT2D eigenvalue weighted by Crippen LogP contribution is -2.46. The largest absolute Gasteiger partial charge is 0.369 e. The Kier molecular flexibility index (Phi) is 6.33. The van der Waals surface area contributed by atoms with E-state index in [2.05, 4.69) is 54.3 Å².